The molecule has 26 heavy (non-hydrogen) atoms. The third-order valence-electron chi connectivity index (χ3n) is 3.60. The van der Waals surface area contributed by atoms with E-state index >= 15 is 0 Å². The van der Waals surface area contributed by atoms with Crippen molar-refractivity contribution in [2.75, 3.05) is 34.9 Å². The zero-order chi connectivity index (χ0) is 18.1. The molecule has 0 aliphatic heterocycles. The van der Waals surface area contributed by atoms with Crippen molar-refractivity contribution in [1.82, 2.24) is 20.4 Å². The van der Waals surface area contributed by atoms with Gasteiger partial charge in [0.25, 0.3) is 0 Å². The Bertz CT molecular complexity index is 667. The first-order valence-electron chi connectivity index (χ1n) is 7.92. The van der Waals surface area contributed by atoms with Crippen LogP contribution in [-0.2, 0) is 13.1 Å². The molecule has 0 saturated carbocycles. The lowest BCUT2D eigenvalue weighted by molar-refractivity contribution is 0.323. The Morgan fingerprint density at radius 1 is 1.12 bits per heavy atom. The number of nitrogens with zero attached hydrogens (tertiary/aromatic N) is 3. The lowest BCUT2D eigenvalue weighted by Crippen LogP contribution is -2.38. The van der Waals surface area contributed by atoms with Crippen LogP contribution in [0.4, 0.5) is 0 Å². The summed E-state index contributed by atoms with van der Waals surface area (Å²) in [4.78, 5) is 4.22. The van der Waals surface area contributed by atoms with Crippen LogP contribution >= 0.6 is 24.0 Å². The minimum absolute atomic E-state index is 0. The molecule has 0 fully saturated rings. The van der Waals surface area contributed by atoms with Crippen LogP contribution in [0.25, 0.3) is 0 Å². The molecule has 0 saturated heterocycles. The Kier molecular flexibility index (Phi) is 9.63. The summed E-state index contributed by atoms with van der Waals surface area (Å²) < 4.78 is 17.9. The summed E-state index contributed by atoms with van der Waals surface area (Å²) in [6.45, 7) is 2.05. The molecule has 9 heteroatoms. The van der Waals surface area contributed by atoms with Crippen LogP contribution in [0.15, 0.2) is 35.6 Å². The second-order valence-electron chi connectivity index (χ2n) is 5.16. The Morgan fingerprint density at radius 3 is 2.31 bits per heavy atom. The highest BCUT2D eigenvalue weighted by molar-refractivity contribution is 14.0. The lowest BCUT2D eigenvalue weighted by atomic mass is 10.2. The van der Waals surface area contributed by atoms with E-state index in [4.69, 9.17) is 14.2 Å². The van der Waals surface area contributed by atoms with Crippen LogP contribution < -0.4 is 24.8 Å². The number of halogens is 1. The second kappa shape index (κ2) is 11.4. The highest BCUT2D eigenvalue weighted by Gasteiger charge is 2.13. The monoisotopic (exact) mass is 475 g/mol. The SMILES string of the molecule is CN=C(NCCn1cccn1)NCc1cc(OC)c(OC)c(OC)c1.I. The number of rotatable bonds is 8. The molecule has 0 amide bonds. The van der Waals surface area contributed by atoms with Crippen molar-refractivity contribution in [2.24, 2.45) is 4.99 Å². The summed E-state index contributed by atoms with van der Waals surface area (Å²) >= 11 is 0. The average Bonchev–Trinajstić information content (AvgIpc) is 3.16. The Labute approximate surface area is 170 Å². The number of benzene rings is 1. The van der Waals surface area contributed by atoms with Gasteiger partial charge >= 0.3 is 0 Å². The van der Waals surface area contributed by atoms with Crippen LogP contribution in [0.2, 0.25) is 0 Å². The van der Waals surface area contributed by atoms with E-state index in [-0.39, 0.29) is 24.0 Å². The van der Waals surface area contributed by atoms with Gasteiger partial charge in [0.05, 0.1) is 27.9 Å². The third kappa shape index (κ3) is 5.97. The molecule has 1 heterocycles. The fourth-order valence-electron chi connectivity index (χ4n) is 2.37. The first kappa shape index (κ1) is 21.9. The van der Waals surface area contributed by atoms with Crippen molar-refractivity contribution in [3.05, 3.63) is 36.2 Å². The van der Waals surface area contributed by atoms with Gasteiger partial charge in [0.2, 0.25) is 5.75 Å². The molecule has 2 rings (SSSR count). The molecule has 1 aromatic heterocycles. The maximum atomic E-state index is 5.37. The fourth-order valence-corrected chi connectivity index (χ4v) is 2.37. The number of methoxy groups -OCH3 is 3. The van der Waals surface area contributed by atoms with E-state index in [0.29, 0.717) is 29.8 Å². The van der Waals surface area contributed by atoms with Crippen LogP contribution in [0.3, 0.4) is 0 Å². The van der Waals surface area contributed by atoms with E-state index in [1.54, 1.807) is 34.6 Å². The standard InChI is InChI=1S/C17H25N5O3.HI/c1-18-17(19-7-9-22-8-5-6-21-22)20-12-13-10-14(23-2)16(25-4)15(11-13)24-3;/h5-6,8,10-11H,7,9,12H2,1-4H3,(H2,18,19,20);1H. The number of guanidine groups is 1. The molecule has 0 bridgehead atoms. The summed E-state index contributed by atoms with van der Waals surface area (Å²) in [5.74, 6) is 2.54. The summed E-state index contributed by atoms with van der Waals surface area (Å²) in [5.41, 5.74) is 0.990. The topological polar surface area (TPSA) is 81.9 Å². The number of hydrogen-bond donors (Lipinski definition) is 2. The molecule has 0 unspecified atom stereocenters. The smallest absolute Gasteiger partial charge is 0.203 e. The van der Waals surface area contributed by atoms with Gasteiger partial charge in [-0.05, 0) is 23.8 Å². The van der Waals surface area contributed by atoms with E-state index in [2.05, 4.69) is 20.7 Å². The first-order chi connectivity index (χ1) is 12.2. The summed E-state index contributed by atoms with van der Waals surface area (Å²) in [6.07, 6.45) is 3.69. The molecule has 144 valence electrons. The van der Waals surface area contributed by atoms with Gasteiger partial charge in [-0.3, -0.25) is 9.67 Å². The van der Waals surface area contributed by atoms with E-state index < -0.39 is 0 Å². The normalized spacial score (nSPS) is 10.7. The molecule has 0 spiro atoms. The summed E-state index contributed by atoms with van der Waals surface area (Å²) in [5, 5.41) is 10.7. The van der Waals surface area contributed by atoms with Crippen molar-refractivity contribution in [1.29, 1.82) is 0 Å². The molecule has 0 aliphatic rings. The highest BCUT2D eigenvalue weighted by Crippen LogP contribution is 2.38. The quantitative estimate of drug-likeness (QED) is 0.345. The average molecular weight is 475 g/mol. The van der Waals surface area contributed by atoms with Gasteiger partial charge in [0.15, 0.2) is 17.5 Å². The van der Waals surface area contributed by atoms with Crippen LogP contribution in [0.5, 0.6) is 17.2 Å². The largest absolute Gasteiger partial charge is 0.493 e. The van der Waals surface area contributed by atoms with Gasteiger partial charge in [-0.1, -0.05) is 0 Å². The predicted octanol–water partition coefficient (Wildman–Crippen LogP) is 1.89. The maximum absolute atomic E-state index is 5.37. The Balaban J connectivity index is 0.00000338. The number of nitrogens with one attached hydrogen (secondary N) is 2. The number of hydrogen-bond acceptors (Lipinski definition) is 5. The second-order valence-corrected chi connectivity index (χ2v) is 5.16. The van der Waals surface area contributed by atoms with Gasteiger partial charge in [-0.15, -0.1) is 24.0 Å². The van der Waals surface area contributed by atoms with E-state index in [9.17, 15) is 0 Å². The first-order valence-corrected chi connectivity index (χ1v) is 7.92. The highest BCUT2D eigenvalue weighted by atomic mass is 127. The molecule has 0 atom stereocenters. The zero-order valence-electron chi connectivity index (χ0n) is 15.5. The molecule has 1 aromatic carbocycles. The molecule has 8 nitrogen and oxygen atoms in total. The number of aromatic nitrogens is 2. The molecule has 2 N–H and O–H groups in total. The van der Waals surface area contributed by atoms with Crippen LogP contribution in [0.1, 0.15) is 5.56 Å². The molecule has 0 aliphatic carbocycles. The van der Waals surface area contributed by atoms with Crippen molar-refractivity contribution < 1.29 is 14.2 Å². The molecule has 0 radical (unpaired) electrons. The van der Waals surface area contributed by atoms with Gasteiger partial charge in [-0.25, -0.2) is 0 Å². The fraction of sp³-hybridized carbons (Fsp3) is 0.412. The Hall–Kier alpha value is -2.17. The lowest BCUT2D eigenvalue weighted by Gasteiger charge is -2.16. The minimum atomic E-state index is 0. The van der Waals surface area contributed by atoms with E-state index in [1.807, 2.05) is 29.1 Å². The molecular weight excluding hydrogens is 449 g/mol. The van der Waals surface area contributed by atoms with E-state index in [1.165, 1.54) is 0 Å². The molecular formula is C17H26IN5O3. The Morgan fingerprint density at radius 2 is 1.81 bits per heavy atom. The van der Waals surface area contributed by atoms with Gasteiger partial charge in [0, 0.05) is 32.5 Å². The van der Waals surface area contributed by atoms with Gasteiger partial charge in [0.1, 0.15) is 0 Å². The van der Waals surface area contributed by atoms with Crippen molar-refractivity contribution in [3.8, 4) is 17.2 Å². The maximum Gasteiger partial charge on any atom is 0.203 e. The third-order valence-corrected chi connectivity index (χ3v) is 3.60. The summed E-state index contributed by atoms with van der Waals surface area (Å²) in [7, 11) is 6.52. The summed E-state index contributed by atoms with van der Waals surface area (Å²) in [6, 6.07) is 5.72. The van der Waals surface area contributed by atoms with Crippen LogP contribution in [0, 0.1) is 0 Å². The van der Waals surface area contributed by atoms with Crippen molar-refractivity contribution in [3.63, 3.8) is 0 Å². The van der Waals surface area contributed by atoms with Crippen molar-refractivity contribution in [2.45, 2.75) is 13.1 Å². The van der Waals surface area contributed by atoms with Crippen molar-refractivity contribution >= 4 is 29.9 Å². The number of ether oxygens (including phenoxy) is 3. The van der Waals surface area contributed by atoms with Crippen LogP contribution in [-0.4, -0.2) is 50.7 Å². The van der Waals surface area contributed by atoms with Gasteiger partial charge in [-0.2, -0.15) is 5.10 Å². The zero-order valence-corrected chi connectivity index (χ0v) is 17.8. The van der Waals surface area contributed by atoms with E-state index in [0.717, 1.165) is 18.7 Å². The molecule has 2 aromatic rings. The number of aliphatic imine (C=N–C) groups is 1. The minimum Gasteiger partial charge on any atom is -0.493 e. The van der Waals surface area contributed by atoms with Gasteiger partial charge < -0.3 is 24.8 Å². The predicted molar refractivity (Wildman–Crippen MR) is 112 cm³/mol.